The third-order valence-electron chi connectivity index (χ3n) is 0.838. The first kappa shape index (κ1) is 12.7. The fraction of sp³-hybridized carbons (Fsp3) is 0.714. The van der Waals surface area contributed by atoms with Gasteiger partial charge in [0.05, 0.1) is 12.5 Å². The second kappa shape index (κ2) is 11.8. The Morgan fingerprint density at radius 3 is 2.00 bits per heavy atom. The predicted molar refractivity (Wildman–Crippen MR) is 39.8 cm³/mol. The molecule has 0 heterocycles. The van der Waals surface area contributed by atoms with E-state index in [1.54, 1.807) is 20.3 Å². The molecule has 0 radical (unpaired) electrons. The standard InChI is InChI=1S/C4H10O2.C3H3NO/c1-4(5-2)6-3;4-2-1-3-5/h4H,1-3H3;3H,1H2. The summed E-state index contributed by atoms with van der Waals surface area (Å²) in [6.45, 7) is 1.83. The van der Waals surface area contributed by atoms with Crippen molar-refractivity contribution in [2.75, 3.05) is 14.2 Å². The SMILES string of the molecule is COC(C)OC.N#CCC=O. The van der Waals surface area contributed by atoms with Gasteiger partial charge in [0.2, 0.25) is 0 Å². The van der Waals surface area contributed by atoms with Crippen molar-refractivity contribution in [2.24, 2.45) is 0 Å². The molecule has 0 amide bonds. The van der Waals surface area contributed by atoms with Gasteiger partial charge in [0.25, 0.3) is 0 Å². The van der Waals surface area contributed by atoms with Crippen LogP contribution in [0.4, 0.5) is 0 Å². The van der Waals surface area contributed by atoms with Crippen LogP contribution >= 0.6 is 0 Å². The highest BCUT2D eigenvalue weighted by Crippen LogP contribution is 1.82. The molecule has 4 heteroatoms. The van der Waals surface area contributed by atoms with Crippen LogP contribution in [0.2, 0.25) is 0 Å². The van der Waals surface area contributed by atoms with Crippen molar-refractivity contribution >= 4 is 6.29 Å². The largest absolute Gasteiger partial charge is 0.356 e. The number of carbonyl (C=O) groups excluding carboxylic acids is 1. The summed E-state index contributed by atoms with van der Waals surface area (Å²) in [5.41, 5.74) is 0. The molecule has 0 atom stereocenters. The number of ether oxygens (including phenoxy) is 2. The Morgan fingerprint density at radius 1 is 1.55 bits per heavy atom. The molecule has 4 nitrogen and oxygen atoms in total. The van der Waals surface area contributed by atoms with Crippen molar-refractivity contribution in [3.8, 4) is 6.07 Å². The summed E-state index contributed by atoms with van der Waals surface area (Å²) in [6.07, 6.45) is 0.519. The normalized spacial score (nSPS) is 7.91. The molecule has 11 heavy (non-hydrogen) atoms. The molecule has 0 aliphatic heterocycles. The van der Waals surface area contributed by atoms with Crippen molar-refractivity contribution in [1.82, 2.24) is 0 Å². The monoisotopic (exact) mass is 159 g/mol. The lowest BCUT2D eigenvalue weighted by atomic mass is 10.5. The van der Waals surface area contributed by atoms with E-state index in [-0.39, 0.29) is 12.7 Å². The Labute approximate surface area is 66.7 Å². The highest BCUT2D eigenvalue weighted by atomic mass is 16.7. The molecule has 0 bridgehead atoms. The molecule has 0 aromatic rings. The number of carbonyl (C=O) groups is 1. The molecule has 0 saturated heterocycles. The van der Waals surface area contributed by atoms with Crippen LogP contribution in [0, 0.1) is 11.3 Å². The summed E-state index contributed by atoms with van der Waals surface area (Å²) in [6, 6.07) is 1.65. The zero-order valence-corrected chi connectivity index (χ0v) is 7.03. The van der Waals surface area contributed by atoms with Crippen molar-refractivity contribution in [3.63, 3.8) is 0 Å². The summed E-state index contributed by atoms with van der Waals surface area (Å²) in [5.74, 6) is 0. The first-order valence-corrected chi connectivity index (χ1v) is 3.09. The zero-order valence-electron chi connectivity index (χ0n) is 7.03. The lowest BCUT2D eigenvalue weighted by molar-refractivity contribution is -0.107. The maximum atomic E-state index is 9.18. The van der Waals surface area contributed by atoms with Gasteiger partial charge < -0.3 is 14.3 Å². The lowest BCUT2D eigenvalue weighted by Gasteiger charge is -2.03. The van der Waals surface area contributed by atoms with E-state index in [1.807, 2.05) is 6.92 Å². The van der Waals surface area contributed by atoms with Crippen LogP contribution in [0.25, 0.3) is 0 Å². The third-order valence-corrected chi connectivity index (χ3v) is 0.838. The van der Waals surface area contributed by atoms with Gasteiger partial charge in [-0.1, -0.05) is 0 Å². The van der Waals surface area contributed by atoms with Gasteiger partial charge in [-0.2, -0.15) is 5.26 Å². The van der Waals surface area contributed by atoms with E-state index in [1.165, 1.54) is 0 Å². The number of hydrogen-bond acceptors (Lipinski definition) is 4. The fourth-order valence-electron chi connectivity index (χ4n) is 0.133. The third kappa shape index (κ3) is 17.6. The van der Waals surface area contributed by atoms with Gasteiger partial charge in [-0.3, -0.25) is 0 Å². The van der Waals surface area contributed by atoms with Gasteiger partial charge >= 0.3 is 0 Å². The maximum Gasteiger partial charge on any atom is 0.154 e. The summed E-state index contributed by atoms with van der Waals surface area (Å²) in [4.78, 5) is 9.18. The summed E-state index contributed by atoms with van der Waals surface area (Å²) >= 11 is 0. The molecule has 0 N–H and O–H groups in total. The Kier molecular flexibility index (Phi) is 13.7. The molecule has 0 aromatic heterocycles. The number of methoxy groups -OCH3 is 2. The molecule has 0 rings (SSSR count). The maximum absolute atomic E-state index is 9.18. The highest BCUT2D eigenvalue weighted by molar-refractivity contribution is 5.52. The van der Waals surface area contributed by atoms with Crippen LogP contribution in [0.5, 0.6) is 0 Å². The zero-order chi connectivity index (χ0) is 9.11. The minimum Gasteiger partial charge on any atom is -0.356 e. The van der Waals surface area contributed by atoms with Crippen LogP contribution < -0.4 is 0 Å². The van der Waals surface area contributed by atoms with Crippen molar-refractivity contribution in [2.45, 2.75) is 19.6 Å². The second-order valence-corrected chi connectivity index (χ2v) is 1.57. The quantitative estimate of drug-likeness (QED) is 0.449. The highest BCUT2D eigenvalue weighted by Gasteiger charge is 1.87. The first-order chi connectivity index (χ1) is 5.22. The Hall–Kier alpha value is -0.920. The van der Waals surface area contributed by atoms with Crippen molar-refractivity contribution in [1.29, 1.82) is 5.26 Å². The molecule has 0 fully saturated rings. The van der Waals surface area contributed by atoms with Gasteiger partial charge in [-0.25, -0.2) is 0 Å². The average molecular weight is 159 g/mol. The molecular weight excluding hydrogens is 146 g/mol. The van der Waals surface area contributed by atoms with Crippen molar-refractivity contribution < 1.29 is 14.3 Å². The minimum atomic E-state index is -0.0648. The molecule has 64 valence electrons. The van der Waals surface area contributed by atoms with Gasteiger partial charge in [0, 0.05) is 14.2 Å². The van der Waals surface area contributed by atoms with Crippen LogP contribution in [0.3, 0.4) is 0 Å². The molecule has 0 unspecified atom stereocenters. The van der Waals surface area contributed by atoms with Crippen molar-refractivity contribution in [3.05, 3.63) is 0 Å². The molecule has 0 aromatic carbocycles. The average Bonchev–Trinajstić information content (AvgIpc) is 2.06. The van der Waals surface area contributed by atoms with Gasteiger partial charge in [0.1, 0.15) is 6.29 Å². The van der Waals surface area contributed by atoms with E-state index in [4.69, 9.17) is 5.26 Å². The summed E-state index contributed by atoms with van der Waals surface area (Å²) in [5, 5.41) is 7.58. The number of aldehydes is 1. The minimum absolute atomic E-state index is 0.0139. The van der Waals surface area contributed by atoms with Crippen LogP contribution in [0.15, 0.2) is 0 Å². The Balaban J connectivity index is 0. The number of rotatable bonds is 3. The molecule has 0 saturated carbocycles. The summed E-state index contributed by atoms with van der Waals surface area (Å²) < 4.78 is 9.35. The van der Waals surface area contributed by atoms with E-state index in [2.05, 4.69) is 9.47 Å². The Morgan fingerprint density at radius 2 is 2.00 bits per heavy atom. The van der Waals surface area contributed by atoms with E-state index >= 15 is 0 Å². The number of nitriles is 1. The van der Waals surface area contributed by atoms with Crippen LogP contribution in [0.1, 0.15) is 13.3 Å². The van der Waals surface area contributed by atoms with E-state index in [9.17, 15) is 4.79 Å². The molecule has 0 aliphatic rings. The molecule has 0 aliphatic carbocycles. The number of nitrogens with zero attached hydrogens (tertiary/aromatic N) is 1. The molecular formula is C7H13NO3. The first-order valence-electron chi connectivity index (χ1n) is 3.09. The second-order valence-electron chi connectivity index (χ2n) is 1.57. The summed E-state index contributed by atoms with van der Waals surface area (Å²) in [7, 11) is 3.21. The van der Waals surface area contributed by atoms with E-state index in [0.29, 0.717) is 6.29 Å². The van der Waals surface area contributed by atoms with Gasteiger partial charge in [-0.05, 0) is 6.92 Å². The topological polar surface area (TPSA) is 59.3 Å². The lowest BCUT2D eigenvalue weighted by Crippen LogP contribution is -2.05. The van der Waals surface area contributed by atoms with Crippen LogP contribution in [-0.2, 0) is 14.3 Å². The smallest absolute Gasteiger partial charge is 0.154 e. The van der Waals surface area contributed by atoms with Gasteiger partial charge in [0.15, 0.2) is 6.29 Å². The van der Waals surface area contributed by atoms with Gasteiger partial charge in [-0.15, -0.1) is 0 Å². The van der Waals surface area contributed by atoms with E-state index in [0.717, 1.165) is 0 Å². The number of hydrogen-bond donors (Lipinski definition) is 0. The van der Waals surface area contributed by atoms with Crippen LogP contribution in [-0.4, -0.2) is 26.8 Å². The molecule has 0 spiro atoms. The van der Waals surface area contributed by atoms with E-state index < -0.39 is 0 Å². The Bertz CT molecular complexity index is 115. The fourth-order valence-corrected chi connectivity index (χ4v) is 0.133. The predicted octanol–water partition coefficient (Wildman–Crippen LogP) is 0.724.